The number of rotatable bonds is 7. The number of piperidine rings is 1. The molecule has 3 rings (SSSR count). The zero-order valence-corrected chi connectivity index (χ0v) is 14.7. The second-order valence-corrected chi connectivity index (χ2v) is 6.94. The summed E-state index contributed by atoms with van der Waals surface area (Å²) in [6.45, 7) is 4.26. The molecule has 0 bridgehead atoms. The predicted octanol–water partition coefficient (Wildman–Crippen LogP) is 4.94. The van der Waals surface area contributed by atoms with Gasteiger partial charge in [-0.15, -0.1) is 0 Å². The summed E-state index contributed by atoms with van der Waals surface area (Å²) in [5.41, 5.74) is 2.77. The Morgan fingerprint density at radius 3 is 2.54 bits per heavy atom. The van der Waals surface area contributed by atoms with Crippen molar-refractivity contribution in [2.45, 2.75) is 51.0 Å². The quantitative estimate of drug-likeness (QED) is 0.779. The monoisotopic (exact) mass is 323 g/mol. The molecule has 2 unspecified atom stereocenters. The van der Waals surface area contributed by atoms with E-state index in [-0.39, 0.29) is 0 Å². The molecule has 24 heavy (non-hydrogen) atoms. The Kier molecular flexibility index (Phi) is 6.31. The van der Waals surface area contributed by atoms with Crippen LogP contribution < -0.4 is 10.1 Å². The fraction of sp³-hybridized carbons (Fsp3) is 0.455. The van der Waals surface area contributed by atoms with Crippen molar-refractivity contribution >= 4 is 0 Å². The lowest BCUT2D eigenvalue weighted by Gasteiger charge is -2.23. The molecule has 0 radical (unpaired) electrons. The molecule has 0 aromatic heterocycles. The van der Waals surface area contributed by atoms with Crippen molar-refractivity contribution in [3.8, 4) is 5.75 Å². The third-order valence-corrected chi connectivity index (χ3v) is 4.98. The third kappa shape index (κ3) is 5.10. The molecule has 2 atom stereocenters. The second kappa shape index (κ2) is 8.89. The van der Waals surface area contributed by atoms with Crippen molar-refractivity contribution in [3.63, 3.8) is 0 Å². The summed E-state index contributed by atoms with van der Waals surface area (Å²) in [4.78, 5) is 0. The topological polar surface area (TPSA) is 21.3 Å². The highest BCUT2D eigenvalue weighted by Gasteiger charge is 2.12. The largest absolute Gasteiger partial charge is 0.494 e. The van der Waals surface area contributed by atoms with E-state index in [2.05, 4.69) is 66.8 Å². The highest BCUT2D eigenvalue weighted by atomic mass is 16.5. The third-order valence-electron chi connectivity index (χ3n) is 4.98. The number of hydrogen-bond donors (Lipinski definition) is 1. The van der Waals surface area contributed by atoms with Gasteiger partial charge in [-0.1, -0.05) is 55.8 Å². The molecule has 2 heteroatoms. The van der Waals surface area contributed by atoms with E-state index in [4.69, 9.17) is 4.74 Å². The van der Waals surface area contributed by atoms with E-state index in [9.17, 15) is 0 Å². The molecule has 1 saturated heterocycles. The lowest BCUT2D eigenvalue weighted by atomic mass is 9.94. The van der Waals surface area contributed by atoms with Gasteiger partial charge in [0.1, 0.15) is 5.75 Å². The molecule has 0 spiro atoms. The van der Waals surface area contributed by atoms with Crippen LogP contribution in [-0.4, -0.2) is 19.2 Å². The molecule has 2 nitrogen and oxygen atoms in total. The average molecular weight is 323 g/mol. The number of hydrogen-bond acceptors (Lipinski definition) is 2. The van der Waals surface area contributed by atoms with Crippen molar-refractivity contribution in [3.05, 3.63) is 65.7 Å². The van der Waals surface area contributed by atoms with Gasteiger partial charge in [0.05, 0.1) is 6.61 Å². The van der Waals surface area contributed by atoms with Gasteiger partial charge < -0.3 is 10.1 Å². The average Bonchev–Trinajstić information content (AvgIpc) is 2.65. The van der Waals surface area contributed by atoms with E-state index >= 15 is 0 Å². The fourth-order valence-electron chi connectivity index (χ4n) is 3.46. The molecule has 128 valence electrons. The lowest BCUT2D eigenvalue weighted by molar-refractivity contribution is 0.268. The van der Waals surface area contributed by atoms with Crippen molar-refractivity contribution in [2.75, 3.05) is 13.2 Å². The first-order valence-corrected chi connectivity index (χ1v) is 9.31. The minimum Gasteiger partial charge on any atom is -0.494 e. The van der Waals surface area contributed by atoms with Gasteiger partial charge in [-0.2, -0.15) is 0 Å². The van der Waals surface area contributed by atoms with Crippen molar-refractivity contribution in [1.29, 1.82) is 0 Å². The van der Waals surface area contributed by atoms with E-state index in [1.165, 1.54) is 36.9 Å². The molecule has 1 aliphatic heterocycles. The Hall–Kier alpha value is -1.80. The van der Waals surface area contributed by atoms with Gasteiger partial charge in [0, 0.05) is 6.04 Å². The second-order valence-electron chi connectivity index (χ2n) is 6.94. The van der Waals surface area contributed by atoms with Crippen LogP contribution >= 0.6 is 0 Å². The number of benzene rings is 2. The first-order chi connectivity index (χ1) is 11.8. The maximum atomic E-state index is 5.91. The molecule has 0 aliphatic carbocycles. The summed E-state index contributed by atoms with van der Waals surface area (Å²) >= 11 is 0. The Morgan fingerprint density at radius 2 is 1.83 bits per heavy atom. The number of nitrogens with one attached hydrogen (secondary N) is 1. The highest BCUT2D eigenvalue weighted by molar-refractivity contribution is 5.29. The van der Waals surface area contributed by atoms with Gasteiger partial charge >= 0.3 is 0 Å². The molecule has 0 saturated carbocycles. The van der Waals surface area contributed by atoms with Crippen molar-refractivity contribution < 1.29 is 4.74 Å². The summed E-state index contributed by atoms with van der Waals surface area (Å²) in [7, 11) is 0. The summed E-state index contributed by atoms with van der Waals surface area (Å²) < 4.78 is 5.91. The fourth-order valence-corrected chi connectivity index (χ4v) is 3.46. The summed E-state index contributed by atoms with van der Waals surface area (Å²) in [5.74, 6) is 1.53. The van der Waals surface area contributed by atoms with Crippen LogP contribution in [0.3, 0.4) is 0 Å². The SMILES string of the molecule is CC(Cc1ccc(OCCC2CCCCN2)cc1)c1ccccc1. The van der Waals surface area contributed by atoms with Crippen LogP contribution in [0.15, 0.2) is 54.6 Å². The van der Waals surface area contributed by atoms with Crippen LogP contribution in [-0.2, 0) is 6.42 Å². The normalized spacial score (nSPS) is 19.0. The van der Waals surface area contributed by atoms with E-state index < -0.39 is 0 Å². The molecule has 2 aromatic rings. The number of ether oxygens (including phenoxy) is 1. The summed E-state index contributed by atoms with van der Waals surface area (Å²) in [5, 5.41) is 3.57. The molecule has 1 fully saturated rings. The van der Waals surface area contributed by atoms with Crippen LogP contribution in [0.4, 0.5) is 0 Å². The smallest absolute Gasteiger partial charge is 0.119 e. The van der Waals surface area contributed by atoms with Crippen molar-refractivity contribution in [2.24, 2.45) is 0 Å². The van der Waals surface area contributed by atoms with Gasteiger partial charge in [-0.25, -0.2) is 0 Å². The van der Waals surface area contributed by atoms with Gasteiger partial charge in [0.2, 0.25) is 0 Å². The van der Waals surface area contributed by atoms with Crippen LogP contribution in [0.25, 0.3) is 0 Å². The Bertz CT molecular complexity index is 587. The standard InChI is InChI=1S/C22H29NO/c1-18(20-7-3-2-4-8-20)17-19-10-12-22(13-11-19)24-16-14-21-9-5-6-15-23-21/h2-4,7-8,10-13,18,21,23H,5-6,9,14-17H2,1H3. The van der Waals surface area contributed by atoms with Crippen LogP contribution in [0, 0.1) is 0 Å². The summed E-state index contributed by atoms with van der Waals surface area (Å²) in [6, 6.07) is 20.0. The van der Waals surface area contributed by atoms with E-state index in [1.807, 2.05) is 0 Å². The van der Waals surface area contributed by atoms with E-state index in [1.54, 1.807) is 0 Å². The van der Waals surface area contributed by atoms with E-state index in [0.29, 0.717) is 12.0 Å². The van der Waals surface area contributed by atoms with Crippen LogP contribution in [0.5, 0.6) is 5.75 Å². The van der Waals surface area contributed by atoms with Crippen LogP contribution in [0.2, 0.25) is 0 Å². The zero-order valence-electron chi connectivity index (χ0n) is 14.7. The van der Waals surface area contributed by atoms with Gasteiger partial charge in [0.25, 0.3) is 0 Å². The lowest BCUT2D eigenvalue weighted by Crippen LogP contribution is -2.35. The van der Waals surface area contributed by atoms with Gasteiger partial charge in [-0.05, 0) is 61.4 Å². The highest BCUT2D eigenvalue weighted by Crippen LogP contribution is 2.22. The molecule has 1 N–H and O–H groups in total. The van der Waals surface area contributed by atoms with Gasteiger partial charge in [0.15, 0.2) is 0 Å². The zero-order chi connectivity index (χ0) is 16.6. The molecular formula is C22H29NO. The molecular weight excluding hydrogens is 294 g/mol. The Balaban J connectivity index is 1.44. The minimum absolute atomic E-state index is 0.537. The summed E-state index contributed by atoms with van der Waals surface area (Å²) in [6.07, 6.45) is 6.13. The Labute approximate surface area is 146 Å². The van der Waals surface area contributed by atoms with Crippen molar-refractivity contribution in [1.82, 2.24) is 5.32 Å². The molecule has 1 heterocycles. The molecule has 0 amide bonds. The predicted molar refractivity (Wildman–Crippen MR) is 101 cm³/mol. The van der Waals surface area contributed by atoms with Gasteiger partial charge in [-0.3, -0.25) is 0 Å². The first-order valence-electron chi connectivity index (χ1n) is 9.31. The maximum Gasteiger partial charge on any atom is 0.119 e. The molecule has 1 aliphatic rings. The van der Waals surface area contributed by atoms with E-state index in [0.717, 1.165) is 25.2 Å². The maximum absolute atomic E-state index is 5.91. The first kappa shape index (κ1) is 17.0. The van der Waals surface area contributed by atoms with Crippen LogP contribution in [0.1, 0.15) is 49.7 Å². The minimum atomic E-state index is 0.537. The Morgan fingerprint density at radius 1 is 1.04 bits per heavy atom. The molecule has 2 aromatic carbocycles.